The number of benzene rings is 3. The number of nitrogens with one attached hydrogen (secondary N) is 1. The number of rotatable bonds is 4. The van der Waals surface area contributed by atoms with E-state index in [1.807, 2.05) is 79.7 Å². The fraction of sp³-hybridized carbons (Fsp3) is 0.115. The number of halogens is 2. The first-order chi connectivity index (χ1) is 16.2. The van der Waals surface area contributed by atoms with E-state index < -0.39 is 16.1 Å². The van der Waals surface area contributed by atoms with Gasteiger partial charge in [0.25, 0.3) is 0 Å². The normalized spacial score (nSPS) is 16.5. The minimum Gasteiger partial charge on any atom is -0.304 e. The van der Waals surface area contributed by atoms with Gasteiger partial charge in [0.05, 0.1) is 23.5 Å². The summed E-state index contributed by atoms with van der Waals surface area (Å²) in [6.07, 6.45) is 3.05. The van der Waals surface area contributed by atoms with Crippen LogP contribution in [0.15, 0.2) is 78.9 Å². The van der Waals surface area contributed by atoms with E-state index in [1.54, 1.807) is 6.07 Å². The summed E-state index contributed by atoms with van der Waals surface area (Å²) in [7, 11) is -3.63. The minimum atomic E-state index is -3.63. The second kappa shape index (κ2) is 8.71. The highest BCUT2D eigenvalue weighted by atomic mass is 35.5. The highest BCUT2D eigenvalue weighted by molar-refractivity contribution is 7.88. The van der Waals surface area contributed by atoms with E-state index in [-0.39, 0.29) is 0 Å². The fourth-order valence-electron chi connectivity index (χ4n) is 4.40. The summed E-state index contributed by atoms with van der Waals surface area (Å²) in [5, 5.41) is 1.97. The molecule has 0 fully saturated rings. The highest BCUT2D eigenvalue weighted by Gasteiger charge is 2.36. The van der Waals surface area contributed by atoms with Gasteiger partial charge in [-0.1, -0.05) is 71.7 Å². The van der Waals surface area contributed by atoms with Crippen molar-refractivity contribution < 1.29 is 8.42 Å². The second-order valence-corrected chi connectivity index (χ2v) is 10.9. The number of hydrogen-bond donors (Lipinski definition) is 1. The van der Waals surface area contributed by atoms with Gasteiger partial charge in [0.1, 0.15) is 0 Å². The van der Waals surface area contributed by atoms with Crippen LogP contribution in [0.4, 0.5) is 0 Å². The number of aromatic nitrogens is 1. The molecular formula is C26H21Cl2N3O2S. The Hall–Kier alpha value is -2.90. The van der Waals surface area contributed by atoms with Gasteiger partial charge in [-0.15, -0.1) is 4.41 Å². The Balaban J connectivity index is 1.80. The molecule has 4 aromatic rings. The van der Waals surface area contributed by atoms with Crippen molar-refractivity contribution in [2.75, 3.05) is 6.26 Å². The van der Waals surface area contributed by atoms with Crippen molar-refractivity contribution in [1.29, 1.82) is 0 Å². The smallest absolute Gasteiger partial charge is 0.228 e. The maximum atomic E-state index is 12.8. The van der Waals surface area contributed by atoms with Crippen molar-refractivity contribution in [1.82, 2.24) is 14.8 Å². The van der Waals surface area contributed by atoms with Gasteiger partial charge in [0, 0.05) is 32.3 Å². The van der Waals surface area contributed by atoms with Crippen LogP contribution < -0.4 is 5.43 Å². The molecular weight excluding hydrogens is 489 g/mol. The number of hydrazine groups is 1. The van der Waals surface area contributed by atoms with Crippen molar-refractivity contribution in [2.45, 2.75) is 13.0 Å². The van der Waals surface area contributed by atoms with E-state index >= 15 is 0 Å². The lowest BCUT2D eigenvalue weighted by atomic mass is 9.92. The average Bonchev–Trinajstić information content (AvgIpc) is 3.25. The van der Waals surface area contributed by atoms with E-state index in [9.17, 15) is 8.42 Å². The lowest BCUT2D eigenvalue weighted by molar-refractivity contribution is 0.351. The molecule has 3 aromatic carbocycles. The molecule has 0 radical (unpaired) electrons. The second-order valence-electron chi connectivity index (χ2n) is 8.19. The van der Waals surface area contributed by atoms with Gasteiger partial charge < -0.3 is 5.43 Å². The number of nitrogens with zero attached hydrogens (tertiary/aromatic N) is 2. The number of aryl methyl sites for hydroxylation is 1. The molecule has 172 valence electrons. The minimum absolute atomic E-state index is 0.490. The Morgan fingerprint density at radius 3 is 2.35 bits per heavy atom. The average molecular weight is 510 g/mol. The molecule has 0 saturated carbocycles. The SMILES string of the molecule is Cc1nc2ccc(Cl)cc2c(-c2ccccc2)c1C1=C[C@@H](c2ccccc2Cl)N(S(C)(=O)=O)N1. The molecule has 1 aliphatic rings. The van der Waals surface area contributed by atoms with Gasteiger partial charge in [-0.05, 0) is 48.4 Å². The number of sulfonamides is 1. The van der Waals surface area contributed by atoms with Gasteiger partial charge in [0.15, 0.2) is 0 Å². The van der Waals surface area contributed by atoms with Crippen LogP contribution >= 0.6 is 23.2 Å². The lowest BCUT2D eigenvalue weighted by Crippen LogP contribution is -2.38. The molecule has 0 bridgehead atoms. The van der Waals surface area contributed by atoms with Crippen LogP contribution in [0.1, 0.15) is 22.9 Å². The summed E-state index contributed by atoms with van der Waals surface area (Å²) in [6.45, 7) is 1.92. The summed E-state index contributed by atoms with van der Waals surface area (Å²) in [5.74, 6) is 0. The predicted molar refractivity (Wildman–Crippen MR) is 139 cm³/mol. The Kier molecular flexibility index (Phi) is 5.86. The zero-order chi connectivity index (χ0) is 24.0. The van der Waals surface area contributed by atoms with E-state index in [1.165, 1.54) is 10.7 Å². The molecule has 8 heteroatoms. The molecule has 5 rings (SSSR count). The van der Waals surface area contributed by atoms with Crippen molar-refractivity contribution in [3.8, 4) is 11.1 Å². The van der Waals surface area contributed by atoms with Crippen molar-refractivity contribution >= 4 is 49.8 Å². The van der Waals surface area contributed by atoms with E-state index in [2.05, 4.69) is 5.43 Å². The molecule has 1 aliphatic heterocycles. The molecule has 1 N–H and O–H groups in total. The van der Waals surface area contributed by atoms with E-state index in [0.717, 1.165) is 33.3 Å². The van der Waals surface area contributed by atoms with Crippen LogP contribution in [0, 0.1) is 6.92 Å². The van der Waals surface area contributed by atoms with Crippen molar-refractivity contribution in [3.63, 3.8) is 0 Å². The first-order valence-electron chi connectivity index (χ1n) is 10.6. The number of pyridine rings is 1. The third kappa shape index (κ3) is 4.07. The highest BCUT2D eigenvalue weighted by Crippen LogP contribution is 2.42. The summed E-state index contributed by atoms with van der Waals surface area (Å²) < 4.78 is 26.7. The summed E-state index contributed by atoms with van der Waals surface area (Å²) in [4.78, 5) is 4.82. The third-order valence-electron chi connectivity index (χ3n) is 5.85. The summed E-state index contributed by atoms with van der Waals surface area (Å²) in [6, 6.07) is 22.2. The Bertz CT molecular complexity index is 1550. The van der Waals surface area contributed by atoms with Crippen LogP contribution in [0.2, 0.25) is 10.0 Å². The molecule has 0 amide bonds. The van der Waals surface area contributed by atoms with Gasteiger partial charge >= 0.3 is 0 Å². The van der Waals surface area contributed by atoms with Crippen LogP contribution in [-0.2, 0) is 10.0 Å². The standard InChI is InChI=1S/C26H21Cl2N3O2S/c1-16-25(23-15-24(31(30-23)34(2,32)33)19-10-6-7-11-21(19)28)26(17-8-4-3-5-9-17)20-14-18(27)12-13-22(20)29-16/h3-15,24,30H,1-2H3/t24-/m0/s1. The Labute approximate surface area is 208 Å². The molecule has 1 atom stereocenters. The Morgan fingerprint density at radius 1 is 0.941 bits per heavy atom. The fourth-order valence-corrected chi connectivity index (χ4v) is 5.67. The Morgan fingerprint density at radius 2 is 1.65 bits per heavy atom. The van der Waals surface area contributed by atoms with Gasteiger partial charge in [-0.3, -0.25) is 4.98 Å². The first-order valence-corrected chi connectivity index (χ1v) is 13.2. The van der Waals surface area contributed by atoms with Crippen LogP contribution in [-0.4, -0.2) is 24.1 Å². The zero-order valence-corrected chi connectivity index (χ0v) is 20.8. The van der Waals surface area contributed by atoms with Gasteiger partial charge in [-0.25, -0.2) is 8.42 Å². The first kappa shape index (κ1) is 22.9. The van der Waals surface area contributed by atoms with Gasteiger partial charge in [-0.2, -0.15) is 0 Å². The van der Waals surface area contributed by atoms with E-state index in [4.69, 9.17) is 28.2 Å². The lowest BCUT2D eigenvalue weighted by Gasteiger charge is -2.24. The molecule has 0 saturated heterocycles. The van der Waals surface area contributed by atoms with Crippen LogP contribution in [0.25, 0.3) is 27.7 Å². The molecule has 5 nitrogen and oxygen atoms in total. The largest absolute Gasteiger partial charge is 0.304 e. The molecule has 34 heavy (non-hydrogen) atoms. The summed E-state index contributed by atoms with van der Waals surface area (Å²) >= 11 is 12.8. The molecule has 2 heterocycles. The topological polar surface area (TPSA) is 62.3 Å². The maximum Gasteiger partial charge on any atom is 0.228 e. The van der Waals surface area contributed by atoms with Crippen molar-refractivity contribution in [2.24, 2.45) is 0 Å². The number of fused-ring (bicyclic) bond motifs is 1. The van der Waals surface area contributed by atoms with Crippen LogP contribution in [0.5, 0.6) is 0 Å². The maximum absolute atomic E-state index is 12.8. The predicted octanol–water partition coefficient (Wildman–Crippen LogP) is 6.38. The molecule has 0 unspecified atom stereocenters. The van der Waals surface area contributed by atoms with Crippen LogP contribution in [0.3, 0.4) is 0 Å². The quantitative estimate of drug-likeness (QED) is 0.346. The third-order valence-corrected chi connectivity index (χ3v) is 7.46. The number of hydrogen-bond acceptors (Lipinski definition) is 4. The molecule has 0 aliphatic carbocycles. The molecule has 1 aromatic heterocycles. The van der Waals surface area contributed by atoms with Crippen molar-refractivity contribution in [3.05, 3.63) is 106 Å². The van der Waals surface area contributed by atoms with Gasteiger partial charge in [0.2, 0.25) is 10.0 Å². The summed E-state index contributed by atoms with van der Waals surface area (Å²) in [5.41, 5.74) is 8.75. The molecule has 0 spiro atoms. The van der Waals surface area contributed by atoms with E-state index in [0.29, 0.717) is 21.3 Å². The monoisotopic (exact) mass is 509 g/mol. The zero-order valence-electron chi connectivity index (χ0n) is 18.5.